The summed E-state index contributed by atoms with van der Waals surface area (Å²) in [6.07, 6.45) is 0. The minimum Gasteiger partial charge on any atom is -0.394 e. The fourth-order valence-corrected chi connectivity index (χ4v) is 1.71. The molecule has 0 atom stereocenters. The molecule has 1 aliphatic heterocycles. The summed E-state index contributed by atoms with van der Waals surface area (Å²) < 4.78 is 5.22. The van der Waals surface area contributed by atoms with E-state index in [-0.39, 0.29) is 37.2 Å². The molecule has 9 heteroatoms. The van der Waals surface area contributed by atoms with Crippen LogP contribution in [0.1, 0.15) is 0 Å². The van der Waals surface area contributed by atoms with Crippen LogP contribution in [0.5, 0.6) is 0 Å². The number of aromatic nitrogens is 2. The smallest absolute Gasteiger partial charge is 0.245 e. The Labute approximate surface area is 103 Å². The van der Waals surface area contributed by atoms with Gasteiger partial charge in [-0.05, 0) is 0 Å². The molecule has 0 unspecified atom stereocenters. The monoisotopic (exact) mass is 253 g/mol. The summed E-state index contributed by atoms with van der Waals surface area (Å²) in [5.74, 6) is 0.334. The van der Waals surface area contributed by atoms with Crippen LogP contribution in [0.2, 0.25) is 0 Å². The maximum Gasteiger partial charge on any atom is 0.245 e. The number of hydrogen-bond donors (Lipinski definition) is 5. The van der Waals surface area contributed by atoms with Crippen LogP contribution in [0.15, 0.2) is 0 Å². The third kappa shape index (κ3) is 2.26. The Morgan fingerprint density at radius 1 is 1.39 bits per heavy atom. The number of nitrogen functional groups attached to an aromatic ring is 2. The Hall–Kier alpha value is -2.13. The number of nitrogens with one attached hydrogen (secondary N) is 2. The molecule has 2 rings (SSSR count). The molecule has 9 nitrogen and oxygen atoms in total. The van der Waals surface area contributed by atoms with Crippen molar-refractivity contribution in [2.24, 2.45) is 0 Å². The third-order valence-corrected chi connectivity index (χ3v) is 2.43. The van der Waals surface area contributed by atoms with Gasteiger partial charge in [0.25, 0.3) is 0 Å². The number of aliphatic hydroxyl groups excluding tert-OH is 1. The van der Waals surface area contributed by atoms with Crippen LogP contribution in [0.3, 0.4) is 0 Å². The predicted octanol–water partition coefficient (Wildman–Crippen LogP) is -1.72. The Morgan fingerprint density at radius 2 is 2.11 bits per heavy atom. The van der Waals surface area contributed by atoms with Gasteiger partial charge in [0.05, 0.1) is 19.9 Å². The highest BCUT2D eigenvalue weighted by atomic mass is 16.5. The summed E-state index contributed by atoms with van der Waals surface area (Å²) in [7, 11) is 0. The topological polar surface area (TPSA) is 146 Å². The number of rotatable bonds is 4. The van der Waals surface area contributed by atoms with Crippen molar-refractivity contribution in [3.8, 4) is 0 Å². The van der Waals surface area contributed by atoms with Crippen molar-refractivity contribution in [1.82, 2.24) is 9.97 Å². The summed E-state index contributed by atoms with van der Waals surface area (Å²) in [4.78, 5) is 9.37. The number of nitrogens with zero attached hydrogens (tertiary/aromatic N) is 3. The first-order valence-corrected chi connectivity index (χ1v) is 5.32. The fraction of sp³-hybridized carbons (Fsp3) is 0.444. The quantitative estimate of drug-likeness (QED) is 0.398. The summed E-state index contributed by atoms with van der Waals surface area (Å²) in [5, 5.41) is 19.1. The molecule has 2 heterocycles. The van der Waals surface area contributed by atoms with E-state index in [1.165, 1.54) is 0 Å². The van der Waals surface area contributed by atoms with Gasteiger partial charge in [0.15, 0.2) is 11.6 Å². The van der Waals surface area contributed by atoms with Gasteiger partial charge in [-0.3, -0.25) is 5.41 Å². The van der Waals surface area contributed by atoms with Crippen molar-refractivity contribution < 1.29 is 9.84 Å². The highest BCUT2D eigenvalue weighted by Crippen LogP contribution is 2.36. The standard InChI is InChI=1S/C9H15N7O2/c10-7-5-6(8(11)15-9(12)14-7)16(3-13-5)4-18-2-1-17/h13,17H,1-4H2,(H5,10,11,12,14,15). The second-order valence-corrected chi connectivity index (χ2v) is 3.68. The lowest BCUT2D eigenvalue weighted by atomic mass is 10.3. The summed E-state index contributed by atoms with van der Waals surface area (Å²) in [6, 6.07) is 0. The van der Waals surface area contributed by atoms with Crippen molar-refractivity contribution in [3.05, 3.63) is 5.62 Å². The molecule has 1 aliphatic rings. The Bertz CT molecular complexity index is 507. The van der Waals surface area contributed by atoms with E-state index >= 15 is 0 Å². The molecule has 0 aromatic carbocycles. The molecular weight excluding hydrogens is 238 g/mol. The first kappa shape index (κ1) is 12.3. The van der Waals surface area contributed by atoms with Crippen molar-refractivity contribution in [2.45, 2.75) is 0 Å². The molecule has 0 spiro atoms. The van der Waals surface area contributed by atoms with Gasteiger partial charge in [0.2, 0.25) is 5.62 Å². The van der Waals surface area contributed by atoms with Gasteiger partial charge in [-0.15, -0.1) is 0 Å². The van der Waals surface area contributed by atoms with E-state index in [4.69, 9.17) is 26.7 Å². The van der Waals surface area contributed by atoms with Crippen molar-refractivity contribution >= 4 is 23.0 Å². The normalized spacial score (nSPS) is 13.3. The van der Waals surface area contributed by atoms with Crippen LogP contribution < -0.4 is 27.3 Å². The second-order valence-electron chi connectivity index (χ2n) is 3.68. The molecule has 7 N–H and O–H groups in total. The summed E-state index contributed by atoms with van der Waals surface area (Å²) in [5.41, 5.74) is 12.4. The second kappa shape index (κ2) is 5.02. The SMILES string of the molecule is N=c1nc(N)c2c(c(N)n1)N(COCCO)CN2. The molecule has 0 aliphatic carbocycles. The van der Waals surface area contributed by atoms with Gasteiger partial charge < -0.3 is 31.5 Å². The van der Waals surface area contributed by atoms with Crippen LogP contribution in [0, 0.1) is 5.41 Å². The zero-order chi connectivity index (χ0) is 13.1. The molecule has 98 valence electrons. The fourth-order valence-electron chi connectivity index (χ4n) is 1.71. The predicted molar refractivity (Wildman–Crippen MR) is 65.6 cm³/mol. The lowest BCUT2D eigenvalue weighted by Gasteiger charge is -2.17. The molecule has 0 bridgehead atoms. The van der Waals surface area contributed by atoms with Crippen LogP contribution in [-0.2, 0) is 4.74 Å². The molecule has 0 radical (unpaired) electrons. The van der Waals surface area contributed by atoms with E-state index in [2.05, 4.69) is 15.3 Å². The first-order valence-electron chi connectivity index (χ1n) is 5.32. The van der Waals surface area contributed by atoms with Crippen molar-refractivity contribution in [1.29, 1.82) is 5.41 Å². The molecular formula is C9H15N7O2. The van der Waals surface area contributed by atoms with Crippen LogP contribution in [-0.4, -0.2) is 41.7 Å². The number of anilines is 4. The number of aliphatic hydroxyl groups is 1. The number of ether oxygens (including phenoxy) is 1. The highest BCUT2D eigenvalue weighted by molar-refractivity contribution is 5.88. The maximum atomic E-state index is 8.66. The number of hydrogen-bond acceptors (Lipinski definition) is 9. The van der Waals surface area contributed by atoms with Gasteiger partial charge in [0.1, 0.15) is 18.1 Å². The average molecular weight is 253 g/mol. The molecule has 1 aromatic heterocycles. The minimum absolute atomic E-state index is 0.0506. The largest absolute Gasteiger partial charge is 0.394 e. The molecule has 0 saturated carbocycles. The molecule has 18 heavy (non-hydrogen) atoms. The van der Waals surface area contributed by atoms with Crippen molar-refractivity contribution in [2.75, 3.05) is 48.3 Å². The number of fused-ring (bicyclic) bond motifs is 1. The number of nitrogens with two attached hydrogens (primary N) is 2. The van der Waals surface area contributed by atoms with E-state index in [1.54, 1.807) is 4.90 Å². The maximum absolute atomic E-state index is 8.66. The molecule has 1 aromatic rings. The molecule has 0 fully saturated rings. The summed E-state index contributed by atoms with van der Waals surface area (Å²) in [6.45, 7) is 0.875. The van der Waals surface area contributed by atoms with Gasteiger partial charge in [-0.2, -0.15) is 9.97 Å². The third-order valence-electron chi connectivity index (χ3n) is 2.43. The Balaban J connectivity index is 2.34. The molecule has 0 saturated heterocycles. The zero-order valence-corrected chi connectivity index (χ0v) is 9.68. The minimum atomic E-state index is -0.238. The lowest BCUT2D eigenvalue weighted by Crippen LogP contribution is -2.27. The van der Waals surface area contributed by atoms with E-state index in [0.717, 1.165) is 0 Å². The molecule has 0 amide bonds. The Morgan fingerprint density at radius 3 is 2.83 bits per heavy atom. The van der Waals surface area contributed by atoms with E-state index in [9.17, 15) is 0 Å². The zero-order valence-electron chi connectivity index (χ0n) is 9.68. The summed E-state index contributed by atoms with van der Waals surface area (Å²) >= 11 is 0. The lowest BCUT2D eigenvalue weighted by molar-refractivity contribution is 0.0936. The Kier molecular flexibility index (Phi) is 3.44. The highest BCUT2D eigenvalue weighted by Gasteiger charge is 2.24. The van der Waals surface area contributed by atoms with Gasteiger partial charge >= 0.3 is 0 Å². The van der Waals surface area contributed by atoms with E-state index in [0.29, 0.717) is 18.0 Å². The average Bonchev–Trinajstić information content (AvgIpc) is 2.68. The van der Waals surface area contributed by atoms with Crippen molar-refractivity contribution in [3.63, 3.8) is 0 Å². The van der Waals surface area contributed by atoms with E-state index < -0.39 is 0 Å². The van der Waals surface area contributed by atoms with E-state index in [1.807, 2.05) is 0 Å². The first-order chi connectivity index (χ1) is 8.63. The van der Waals surface area contributed by atoms with Gasteiger partial charge in [0, 0.05) is 0 Å². The van der Waals surface area contributed by atoms with Crippen LogP contribution >= 0.6 is 0 Å². The van der Waals surface area contributed by atoms with Crippen LogP contribution in [0.4, 0.5) is 23.0 Å². The van der Waals surface area contributed by atoms with Gasteiger partial charge in [-0.25, -0.2) is 0 Å². The van der Waals surface area contributed by atoms with Crippen LogP contribution in [0.25, 0.3) is 0 Å². The van der Waals surface area contributed by atoms with Gasteiger partial charge in [-0.1, -0.05) is 0 Å².